The van der Waals surface area contributed by atoms with E-state index in [0.29, 0.717) is 17.0 Å². The van der Waals surface area contributed by atoms with Crippen molar-refractivity contribution in [2.75, 3.05) is 18.5 Å². The maximum atomic E-state index is 12.1. The van der Waals surface area contributed by atoms with E-state index in [2.05, 4.69) is 15.0 Å². The number of ether oxygens (including phenoxy) is 1. The van der Waals surface area contributed by atoms with Gasteiger partial charge >= 0.3 is 0 Å². The highest BCUT2D eigenvalue weighted by molar-refractivity contribution is 7.90. The summed E-state index contributed by atoms with van der Waals surface area (Å²) in [4.78, 5) is 27.0. The molecule has 0 bridgehead atoms. The zero-order chi connectivity index (χ0) is 19.4. The van der Waals surface area contributed by atoms with E-state index in [1.165, 1.54) is 12.1 Å². The largest absolute Gasteiger partial charge is 0.484 e. The molecule has 1 heterocycles. The standard InChI is InChI=1S/C17H16N4O5S/c18-15(22)10-26-12-5-3-4-11(8-12)20-16(23)9-19-17-13-6-1-2-7-14(13)27(24,25)21-17/h1-8H,9-10H2,(H2,18,22)(H,19,21)(H,20,23). The normalized spacial score (nSPS) is 15.6. The summed E-state index contributed by atoms with van der Waals surface area (Å²) in [6.07, 6.45) is 0. The molecule has 2 aromatic rings. The maximum absolute atomic E-state index is 12.1. The average molecular weight is 388 g/mol. The first-order chi connectivity index (χ1) is 12.8. The Morgan fingerprint density at radius 1 is 1.15 bits per heavy atom. The minimum Gasteiger partial charge on any atom is -0.484 e. The minimum atomic E-state index is -3.65. The molecule has 0 radical (unpaired) electrons. The van der Waals surface area contributed by atoms with E-state index < -0.39 is 21.8 Å². The molecule has 140 valence electrons. The molecule has 0 aliphatic carbocycles. The Bertz CT molecular complexity index is 1030. The summed E-state index contributed by atoms with van der Waals surface area (Å²) in [5, 5.41) is 2.62. The molecule has 0 fully saturated rings. The fourth-order valence-electron chi connectivity index (χ4n) is 2.42. The molecule has 0 saturated heterocycles. The molecule has 2 aromatic carbocycles. The Balaban J connectivity index is 1.66. The van der Waals surface area contributed by atoms with Crippen LogP contribution in [0.3, 0.4) is 0 Å². The number of aliphatic imine (C=N–C) groups is 1. The van der Waals surface area contributed by atoms with E-state index in [4.69, 9.17) is 10.5 Å². The van der Waals surface area contributed by atoms with Crippen molar-refractivity contribution in [1.29, 1.82) is 0 Å². The predicted molar refractivity (Wildman–Crippen MR) is 97.9 cm³/mol. The number of rotatable bonds is 6. The molecule has 0 saturated carbocycles. The number of hydrogen-bond donors (Lipinski definition) is 3. The Hall–Kier alpha value is -3.40. The van der Waals surface area contributed by atoms with Crippen molar-refractivity contribution < 1.29 is 22.7 Å². The Labute approximate surface area is 155 Å². The number of carbonyl (C=O) groups is 2. The van der Waals surface area contributed by atoms with Crippen molar-refractivity contribution >= 4 is 33.4 Å². The molecule has 0 unspecified atom stereocenters. The number of hydrogen-bond acceptors (Lipinski definition) is 6. The number of carbonyl (C=O) groups excluding carboxylic acids is 2. The fraction of sp³-hybridized carbons (Fsp3) is 0.118. The molecule has 1 aliphatic heterocycles. The molecule has 0 atom stereocenters. The number of amidine groups is 1. The van der Waals surface area contributed by atoms with Crippen molar-refractivity contribution in [2.24, 2.45) is 10.7 Å². The van der Waals surface area contributed by atoms with E-state index in [9.17, 15) is 18.0 Å². The van der Waals surface area contributed by atoms with Gasteiger partial charge in [-0.05, 0) is 24.3 Å². The quantitative estimate of drug-likeness (QED) is 0.650. The monoisotopic (exact) mass is 388 g/mol. The first-order valence-corrected chi connectivity index (χ1v) is 9.31. The highest BCUT2D eigenvalue weighted by Gasteiger charge is 2.30. The van der Waals surface area contributed by atoms with Crippen molar-refractivity contribution in [3.63, 3.8) is 0 Å². The van der Waals surface area contributed by atoms with Crippen molar-refractivity contribution in [1.82, 2.24) is 4.72 Å². The van der Waals surface area contributed by atoms with Gasteiger partial charge < -0.3 is 15.8 Å². The first kappa shape index (κ1) is 18.4. The third-order valence-corrected chi connectivity index (χ3v) is 4.94. The van der Waals surface area contributed by atoms with Gasteiger partial charge in [0.15, 0.2) is 6.61 Å². The number of amides is 2. The van der Waals surface area contributed by atoms with Crippen LogP contribution in [0.4, 0.5) is 5.69 Å². The summed E-state index contributed by atoms with van der Waals surface area (Å²) in [5.74, 6) is -0.563. The van der Waals surface area contributed by atoms with Crippen molar-refractivity contribution in [2.45, 2.75) is 4.90 Å². The molecule has 0 aromatic heterocycles. The van der Waals surface area contributed by atoms with Gasteiger partial charge in [-0.2, -0.15) is 0 Å². The Kier molecular flexibility index (Phi) is 5.08. The third-order valence-electron chi connectivity index (χ3n) is 3.54. The molecule has 4 N–H and O–H groups in total. The topological polar surface area (TPSA) is 140 Å². The summed E-state index contributed by atoms with van der Waals surface area (Å²) in [6.45, 7) is -0.552. The fourth-order valence-corrected chi connectivity index (χ4v) is 3.67. The Morgan fingerprint density at radius 3 is 2.70 bits per heavy atom. The molecule has 0 spiro atoms. The van der Waals surface area contributed by atoms with Crippen LogP contribution in [0.2, 0.25) is 0 Å². The summed E-state index contributed by atoms with van der Waals surface area (Å²) in [6, 6.07) is 12.8. The van der Waals surface area contributed by atoms with Crippen molar-refractivity contribution in [3.8, 4) is 5.75 Å². The van der Waals surface area contributed by atoms with Crippen LogP contribution >= 0.6 is 0 Å². The zero-order valence-corrected chi connectivity index (χ0v) is 14.8. The van der Waals surface area contributed by atoms with Crippen LogP contribution in [0.15, 0.2) is 58.4 Å². The number of primary amides is 1. The second-order valence-corrected chi connectivity index (χ2v) is 7.25. The van der Waals surface area contributed by atoms with Gasteiger partial charge in [-0.15, -0.1) is 0 Å². The van der Waals surface area contributed by atoms with Gasteiger partial charge in [0.25, 0.3) is 15.9 Å². The minimum absolute atomic E-state index is 0.124. The number of sulfonamides is 1. The molecular formula is C17H16N4O5S. The van der Waals surface area contributed by atoms with Gasteiger partial charge in [-0.3, -0.25) is 19.3 Å². The lowest BCUT2D eigenvalue weighted by Gasteiger charge is -2.07. The van der Waals surface area contributed by atoms with Gasteiger partial charge in [0.2, 0.25) is 5.91 Å². The lowest BCUT2D eigenvalue weighted by molar-refractivity contribution is -0.120. The van der Waals surface area contributed by atoms with Crippen LogP contribution in [-0.2, 0) is 19.6 Å². The van der Waals surface area contributed by atoms with E-state index in [-0.39, 0.29) is 23.9 Å². The van der Waals surface area contributed by atoms with E-state index >= 15 is 0 Å². The van der Waals surface area contributed by atoms with Gasteiger partial charge in [0.1, 0.15) is 18.1 Å². The maximum Gasteiger partial charge on any atom is 0.263 e. The molecule has 2 amide bonds. The summed E-state index contributed by atoms with van der Waals surface area (Å²) >= 11 is 0. The molecule has 1 aliphatic rings. The lowest BCUT2D eigenvalue weighted by Crippen LogP contribution is -2.24. The SMILES string of the molecule is NC(=O)COc1cccc(NC(=O)CN=C2NS(=O)(=O)c3ccccc32)c1. The predicted octanol–water partition coefficient (Wildman–Crippen LogP) is 0.228. The highest BCUT2D eigenvalue weighted by atomic mass is 32.2. The summed E-state index contributed by atoms with van der Waals surface area (Å²) < 4.78 is 31.5. The average Bonchev–Trinajstić information content (AvgIpc) is 2.89. The van der Waals surface area contributed by atoms with Crippen LogP contribution < -0.4 is 20.5 Å². The zero-order valence-electron chi connectivity index (χ0n) is 14.0. The van der Waals surface area contributed by atoms with Crippen LogP contribution in [-0.4, -0.2) is 39.2 Å². The van der Waals surface area contributed by atoms with Gasteiger partial charge in [0, 0.05) is 17.3 Å². The van der Waals surface area contributed by atoms with Crippen LogP contribution in [0.1, 0.15) is 5.56 Å². The number of benzene rings is 2. The molecule has 3 rings (SSSR count). The lowest BCUT2D eigenvalue weighted by atomic mass is 10.2. The third kappa shape index (κ3) is 4.42. The number of nitrogens with zero attached hydrogens (tertiary/aromatic N) is 1. The number of anilines is 1. The van der Waals surface area contributed by atoms with Crippen LogP contribution in [0, 0.1) is 0 Å². The molecular weight excluding hydrogens is 372 g/mol. The van der Waals surface area contributed by atoms with E-state index in [1.807, 2.05) is 0 Å². The van der Waals surface area contributed by atoms with E-state index in [1.54, 1.807) is 36.4 Å². The summed E-state index contributed by atoms with van der Waals surface area (Å²) in [7, 11) is -3.65. The highest BCUT2D eigenvalue weighted by Crippen LogP contribution is 2.22. The van der Waals surface area contributed by atoms with E-state index in [0.717, 1.165) is 0 Å². The second-order valence-electron chi connectivity index (χ2n) is 5.60. The van der Waals surface area contributed by atoms with Gasteiger partial charge in [-0.1, -0.05) is 18.2 Å². The second kappa shape index (κ2) is 7.46. The van der Waals surface area contributed by atoms with Gasteiger partial charge in [0.05, 0.1) is 4.90 Å². The molecule has 9 nitrogen and oxygen atoms in total. The smallest absolute Gasteiger partial charge is 0.263 e. The van der Waals surface area contributed by atoms with Crippen LogP contribution in [0.25, 0.3) is 0 Å². The molecule has 10 heteroatoms. The number of nitrogens with one attached hydrogen (secondary N) is 2. The number of fused-ring (bicyclic) bond motifs is 1. The van der Waals surface area contributed by atoms with Crippen molar-refractivity contribution in [3.05, 3.63) is 54.1 Å². The van der Waals surface area contributed by atoms with Crippen LogP contribution in [0.5, 0.6) is 5.75 Å². The first-order valence-electron chi connectivity index (χ1n) is 7.83. The van der Waals surface area contributed by atoms with Gasteiger partial charge in [-0.25, -0.2) is 8.42 Å². The Morgan fingerprint density at radius 2 is 1.93 bits per heavy atom. The number of nitrogens with two attached hydrogens (primary N) is 1. The summed E-state index contributed by atoms with van der Waals surface area (Å²) in [5.41, 5.74) is 5.88. The molecule has 27 heavy (non-hydrogen) atoms.